The maximum atomic E-state index is 13.2. The van der Waals surface area contributed by atoms with Crippen LogP contribution in [0.25, 0.3) is 0 Å². The topological polar surface area (TPSA) is 126 Å². The van der Waals surface area contributed by atoms with E-state index in [-0.39, 0.29) is 24.5 Å². The van der Waals surface area contributed by atoms with E-state index in [4.69, 9.17) is 23.1 Å². The molecule has 10 nitrogen and oxygen atoms in total. The van der Waals surface area contributed by atoms with Gasteiger partial charge in [-0.2, -0.15) is 8.42 Å². The van der Waals surface area contributed by atoms with E-state index in [1.54, 1.807) is 39.8 Å². The Morgan fingerprint density at radius 3 is 2.38 bits per heavy atom. The van der Waals surface area contributed by atoms with E-state index in [1.165, 1.54) is 0 Å². The molecule has 0 aliphatic carbocycles. The van der Waals surface area contributed by atoms with Crippen molar-refractivity contribution in [3.8, 4) is 0 Å². The third-order valence-corrected chi connectivity index (χ3v) is 8.22. The summed E-state index contributed by atoms with van der Waals surface area (Å²) >= 11 is 0. The van der Waals surface area contributed by atoms with Crippen LogP contribution >= 0.6 is 0 Å². The van der Waals surface area contributed by atoms with Crippen molar-refractivity contribution in [1.29, 1.82) is 0 Å². The van der Waals surface area contributed by atoms with Gasteiger partial charge in [0.2, 0.25) is 0 Å². The molecule has 0 saturated carbocycles. The van der Waals surface area contributed by atoms with E-state index in [0.29, 0.717) is 17.5 Å². The van der Waals surface area contributed by atoms with Gasteiger partial charge >= 0.3 is 12.1 Å². The number of benzene rings is 2. The lowest BCUT2D eigenvalue weighted by Crippen LogP contribution is -2.55. The van der Waals surface area contributed by atoms with Crippen LogP contribution in [0.1, 0.15) is 48.9 Å². The van der Waals surface area contributed by atoms with E-state index >= 15 is 0 Å². The summed E-state index contributed by atoms with van der Waals surface area (Å²) in [5, 5.41) is 2.76. The van der Waals surface area contributed by atoms with E-state index < -0.39 is 52.3 Å². The van der Waals surface area contributed by atoms with Crippen LogP contribution in [0.15, 0.2) is 47.4 Å². The van der Waals surface area contributed by atoms with Crippen LogP contribution in [-0.4, -0.2) is 57.2 Å². The molecule has 0 aromatic heterocycles. The summed E-state index contributed by atoms with van der Waals surface area (Å²) < 4.78 is 54.9. The zero-order chi connectivity index (χ0) is 28.4. The number of hydrogen-bond acceptors (Lipinski definition) is 9. The Morgan fingerprint density at radius 1 is 1.10 bits per heavy atom. The lowest BCUT2D eigenvalue weighted by Gasteiger charge is -2.30. The average Bonchev–Trinajstić information content (AvgIpc) is 3.41. The first kappa shape index (κ1) is 29.0. The van der Waals surface area contributed by atoms with Gasteiger partial charge in [0.1, 0.15) is 24.9 Å². The predicted molar refractivity (Wildman–Crippen MR) is 140 cm³/mol. The molecular formula is C28H35NO9S. The average molecular weight is 562 g/mol. The fourth-order valence-electron chi connectivity index (χ4n) is 5.16. The maximum absolute atomic E-state index is 13.2. The van der Waals surface area contributed by atoms with Crippen LogP contribution in [0.2, 0.25) is 0 Å². The standard InChI is InChI=1S/C28H35NO9S/c1-17-13-18(2)26(19(3)14-17)39(32,33)35-16-22-25(38-28(4,5)37-22)24(21-11-12-23(30)36-21)29-27(31)34-15-20-9-7-6-8-10-20/h6-10,13-14,21-22,24-25H,11-12,15-16H2,1-5H3,(H,29,31)/t21-,22-,24-,25-/m1/s1. The van der Waals surface area contributed by atoms with Crippen LogP contribution in [0.4, 0.5) is 4.79 Å². The molecule has 0 unspecified atom stereocenters. The number of carbonyl (C=O) groups is 2. The fourth-order valence-corrected chi connectivity index (χ4v) is 6.50. The van der Waals surface area contributed by atoms with Crippen LogP contribution in [0.5, 0.6) is 0 Å². The SMILES string of the molecule is Cc1cc(C)c(S(=O)(=O)OC[C@H]2OC(C)(C)O[C@H]2[C@H](NC(=O)OCc2ccccc2)[C@H]2CCC(=O)O2)c(C)c1. The largest absolute Gasteiger partial charge is 0.460 e. The van der Waals surface area contributed by atoms with Gasteiger partial charge in [0, 0.05) is 6.42 Å². The third kappa shape index (κ3) is 7.16. The Morgan fingerprint density at radius 2 is 1.77 bits per heavy atom. The normalized spacial score (nSPS) is 23.3. The Hall–Kier alpha value is -2.99. The Kier molecular flexibility index (Phi) is 8.65. The summed E-state index contributed by atoms with van der Waals surface area (Å²) in [6, 6.07) is 11.9. The van der Waals surface area contributed by atoms with Gasteiger partial charge in [-0.05, 0) is 57.7 Å². The molecule has 4 rings (SSSR count). The van der Waals surface area contributed by atoms with Crippen molar-refractivity contribution < 1.29 is 41.1 Å². The number of nitrogens with one attached hydrogen (secondary N) is 1. The van der Waals surface area contributed by atoms with Crippen molar-refractivity contribution in [2.24, 2.45) is 0 Å². The summed E-state index contributed by atoms with van der Waals surface area (Å²) in [6.45, 7) is 8.34. The van der Waals surface area contributed by atoms with Gasteiger partial charge in [0.05, 0.1) is 17.5 Å². The summed E-state index contributed by atoms with van der Waals surface area (Å²) in [5.74, 6) is -1.52. The predicted octanol–water partition coefficient (Wildman–Crippen LogP) is 3.84. The molecule has 0 radical (unpaired) electrons. The number of hydrogen-bond donors (Lipinski definition) is 1. The molecule has 4 atom stereocenters. The molecule has 2 fully saturated rings. The first-order valence-electron chi connectivity index (χ1n) is 12.8. The van der Waals surface area contributed by atoms with Crippen LogP contribution in [0.3, 0.4) is 0 Å². The molecular weight excluding hydrogens is 526 g/mol. The van der Waals surface area contributed by atoms with Crippen molar-refractivity contribution in [2.75, 3.05) is 6.61 Å². The molecule has 1 amide bonds. The monoisotopic (exact) mass is 561 g/mol. The molecule has 0 spiro atoms. The Balaban J connectivity index is 1.52. The fraction of sp³-hybridized carbons (Fsp3) is 0.500. The summed E-state index contributed by atoms with van der Waals surface area (Å²) in [4.78, 5) is 24.8. The second-order valence-electron chi connectivity index (χ2n) is 10.4. The van der Waals surface area contributed by atoms with Gasteiger partial charge in [-0.25, -0.2) is 4.79 Å². The van der Waals surface area contributed by atoms with Crippen molar-refractivity contribution in [1.82, 2.24) is 5.32 Å². The van der Waals surface area contributed by atoms with Crippen LogP contribution < -0.4 is 5.32 Å². The molecule has 2 aromatic rings. The number of amides is 1. The highest BCUT2D eigenvalue weighted by Gasteiger charge is 2.50. The molecule has 212 valence electrons. The van der Waals surface area contributed by atoms with Crippen molar-refractivity contribution in [2.45, 2.75) is 89.1 Å². The number of cyclic esters (lactones) is 1. The lowest BCUT2D eigenvalue weighted by molar-refractivity contribution is -0.155. The van der Waals surface area contributed by atoms with Crippen LogP contribution in [-0.2, 0) is 44.7 Å². The second kappa shape index (κ2) is 11.6. The van der Waals surface area contributed by atoms with Gasteiger partial charge in [-0.1, -0.05) is 48.0 Å². The smallest absolute Gasteiger partial charge is 0.407 e. The van der Waals surface area contributed by atoms with Gasteiger partial charge in [-0.15, -0.1) is 0 Å². The van der Waals surface area contributed by atoms with Crippen LogP contribution in [0, 0.1) is 20.8 Å². The maximum Gasteiger partial charge on any atom is 0.407 e. The Bertz CT molecular complexity index is 1290. The van der Waals surface area contributed by atoms with E-state index in [1.807, 2.05) is 37.3 Å². The molecule has 2 saturated heterocycles. The van der Waals surface area contributed by atoms with E-state index in [9.17, 15) is 18.0 Å². The Labute approximate surface area is 229 Å². The first-order valence-corrected chi connectivity index (χ1v) is 14.2. The van der Waals surface area contributed by atoms with Gasteiger partial charge in [0.15, 0.2) is 5.79 Å². The molecule has 2 aliphatic heterocycles. The van der Waals surface area contributed by atoms with E-state index in [2.05, 4.69) is 5.32 Å². The quantitative estimate of drug-likeness (QED) is 0.359. The van der Waals surface area contributed by atoms with Gasteiger partial charge in [0.25, 0.3) is 10.1 Å². The van der Waals surface area contributed by atoms with Crippen molar-refractivity contribution in [3.63, 3.8) is 0 Å². The second-order valence-corrected chi connectivity index (χ2v) is 12.0. The van der Waals surface area contributed by atoms with Gasteiger partial charge in [-0.3, -0.25) is 8.98 Å². The molecule has 0 bridgehead atoms. The molecule has 2 aliphatic rings. The highest BCUT2D eigenvalue weighted by atomic mass is 32.2. The summed E-state index contributed by atoms with van der Waals surface area (Å²) in [5.41, 5.74) is 2.90. The molecule has 11 heteroatoms. The number of esters is 1. The number of carbonyl (C=O) groups excluding carboxylic acids is 2. The third-order valence-electron chi connectivity index (χ3n) is 6.63. The zero-order valence-electron chi connectivity index (χ0n) is 22.8. The molecule has 2 aromatic carbocycles. The highest BCUT2D eigenvalue weighted by molar-refractivity contribution is 7.86. The number of aryl methyl sites for hydroxylation is 3. The summed E-state index contributed by atoms with van der Waals surface area (Å²) in [6.07, 6.45) is -2.73. The lowest BCUT2D eigenvalue weighted by atomic mass is 9.98. The molecule has 2 heterocycles. The van der Waals surface area contributed by atoms with Crippen molar-refractivity contribution in [3.05, 3.63) is 64.7 Å². The van der Waals surface area contributed by atoms with E-state index in [0.717, 1.165) is 11.1 Å². The number of ether oxygens (including phenoxy) is 4. The minimum atomic E-state index is -4.14. The van der Waals surface area contributed by atoms with Gasteiger partial charge < -0.3 is 24.3 Å². The minimum absolute atomic E-state index is 0.0391. The number of alkyl carbamates (subject to hydrolysis) is 1. The summed E-state index contributed by atoms with van der Waals surface area (Å²) in [7, 11) is -4.14. The number of rotatable bonds is 9. The van der Waals surface area contributed by atoms with Crippen molar-refractivity contribution >= 4 is 22.2 Å². The highest BCUT2D eigenvalue weighted by Crippen LogP contribution is 2.34. The minimum Gasteiger partial charge on any atom is -0.460 e. The zero-order valence-corrected chi connectivity index (χ0v) is 23.6. The first-order chi connectivity index (χ1) is 18.3. The molecule has 39 heavy (non-hydrogen) atoms. The molecule has 1 N–H and O–H groups in total.